The Morgan fingerprint density at radius 1 is 1.47 bits per heavy atom. The number of fused-ring (bicyclic) bond motifs is 1. The van der Waals surface area contributed by atoms with E-state index in [9.17, 15) is 14.4 Å². The highest BCUT2D eigenvalue weighted by Crippen LogP contribution is 2.50. The number of hydrogen-bond donors (Lipinski definition) is 1. The monoisotopic (exact) mass is 286 g/mol. The molecule has 0 aliphatic carbocycles. The molecule has 2 rings (SSSR count). The van der Waals surface area contributed by atoms with Crippen molar-refractivity contribution in [2.75, 3.05) is 7.11 Å². The van der Waals surface area contributed by atoms with Gasteiger partial charge in [0.25, 0.3) is 0 Å². The van der Waals surface area contributed by atoms with Gasteiger partial charge in [-0.05, 0) is 13.8 Å². The molecule has 2 saturated heterocycles. The van der Waals surface area contributed by atoms with E-state index in [-0.39, 0.29) is 17.2 Å². The quantitative estimate of drug-likeness (QED) is 0.589. The summed E-state index contributed by atoms with van der Waals surface area (Å²) >= 11 is 1.52. The highest BCUT2D eigenvalue weighted by Gasteiger charge is 2.64. The molecule has 106 valence electrons. The molecular formula is C12H18N2O4S. The van der Waals surface area contributed by atoms with Crippen LogP contribution in [-0.4, -0.2) is 52.0 Å². The first-order chi connectivity index (χ1) is 8.83. The van der Waals surface area contributed by atoms with Crippen molar-refractivity contribution >= 4 is 29.5 Å². The molecule has 7 heteroatoms. The van der Waals surface area contributed by atoms with Crippen LogP contribution in [0.25, 0.3) is 0 Å². The third-order valence-corrected chi connectivity index (χ3v) is 5.07. The first-order valence-electron chi connectivity index (χ1n) is 6.20. The van der Waals surface area contributed by atoms with E-state index in [1.165, 1.54) is 23.8 Å². The van der Waals surface area contributed by atoms with E-state index in [1.54, 1.807) is 6.92 Å². The van der Waals surface area contributed by atoms with Crippen molar-refractivity contribution in [1.82, 2.24) is 10.2 Å². The summed E-state index contributed by atoms with van der Waals surface area (Å²) in [6, 6.07) is -1.11. The smallest absolute Gasteiger partial charge is 0.330 e. The van der Waals surface area contributed by atoms with Crippen LogP contribution < -0.4 is 5.32 Å². The summed E-state index contributed by atoms with van der Waals surface area (Å²) in [5, 5.41) is 2.52. The zero-order chi connectivity index (χ0) is 14.4. The van der Waals surface area contributed by atoms with Gasteiger partial charge >= 0.3 is 5.97 Å². The number of nitrogens with one attached hydrogen (secondary N) is 1. The SMILES string of the molecule is CCC(=O)NC1C(=O)N2C(C(=O)OC)C(C)(C)S[C@@H]12. The van der Waals surface area contributed by atoms with Gasteiger partial charge in [0.15, 0.2) is 0 Å². The molecule has 6 nitrogen and oxygen atoms in total. The number of thioether (sulfide) groups is 1. The molecule has 2 aliphatic rings. The molecule has 0 radical (unpaired) electrons. The molecule has 1 N–H and O–H groups in total. The molecule has 0 saturated carbocycles. The van der Waals surface area contributed by atoms with E-state index < -0.39 is 22.8 Å². The lowest BCUT2D eigenvalue weighted by molar-refractivity contribution is -0.162. The summed E-state index contributed by atoms with van der Waals surface area (Å²) in [5.74, 6) is -0.771. The Hall–Kier alpha value is -1.24. The lowest BCUT2D eigenvalue weighted by Crippen LogP contribution is -2.70. The van der Waals surface area contributed by atoms with Crippen molar-refractivity contribution in [1.29, 1.82) is 0 Å². The van der Waals surface area contributed by atoms with Crippen molar-refractivity contribution in [2.45, 2.75) is 49.4 Å². The number of methoxy groups -OCH3 is 1. The van der Waals surface area contributed by atoms with Crippen LogP contribution in [-0.2, 0) is 19.1 Å². The Morgan fingerprint density at radius 2 is 2.11 bits per heavy atom. The van der Waals surface area contributed by atoms with Crippen LogP contribution in [0.3, 0.4) is 0 Å². The molecule has 19 heavy (non-hydrogen) atoms. The standard InChI is InChI=1S/C12H18N2O4S/c1-5-6(15)13-7-9(16)14-8(11(17)18-4)12(2,3)19-10(7)14/h7-8,10H,5H2,1-4H3,(H,13,15)/t7?,8?,10-/m0/s1. The van der Waals surface area contributed by atoms with Crippen LogP contribution >= 0.6 is 11.8 Å². The molecule has 2 aliphatic heterocycles. The maximum absolute atomic E-state index is 12.1. The number of ether oxygens (including phenoxy) is 1. The molecule has 0 aromatic rings. The van der Waals surface area contributed by atoms with E-state index in [1.807, 2.05) is 13.8 Å². The second-order valence-electron chi connectivity index (χ2n) is 5.18. The number of hydrogen-bond acceptors (Lipinski definition) is 5. The highest BCUT2D eigenvalue weighted by molar-refractivity contribution is 8.01. The summed E-state index contributed by atoms with van der Waals surface area (Å²) in [7, 11) is 1.32. The van der Waals surface area contributed by atoms with Crippen molar-refractivity contribution in [3.8, 4) is 0 Å². The normalized spacial score (nSPS) is 31.5. The van der Waals surface area contributed by atoms with E-state index in [0.29, 0.717) is 6.42 Å². The second-order valence-corrected chi connectivity index (χ2v) is 6.95. The van der Waals surface area contributed by atoms with Gasteiger partial charge in [-0.3, -0.25) is 9.59 Å². The number of nitrogens with zero attached hydrogens (tertiary/aromatic N) is 1. The zero-order valence-electron chi connectivity index (χ0n) is 11.4. The van der Waals surface area contributed by atoms with Gasteiger partial charge in [-0.25, -0.2) is 4.79 Å². The zero-order valence-corrected chi connectivity index (χ0v) is 12.2. The third kappa shape index (κ3) is 2.09. The maximum Gasteiger partial charge on any atom is 0.330 e. The molecule has 0 bridgehead atoms. The predicted octanol–water partition coefficient (Wildman–Crippen LogP) is 0.117. The van der Waals surface area contributed by atoms with Crippen LogP contribution in [0.15, 0.2) is 0 Å². The minimum absolute atomic E-state index is 0.155. The van der Waals surface area contributed by atoms with Crippen LogP contribution in [0, 0.1) is 0 Å². The van der Waals surface area contributed by atoms with Crippen LogP contribution in [0.1, 0.15) is 27.2 Å². The molecule has 0 spiro atoms. The average Bonchev–Trinajstić information content (AvgIpc) is 2.63. The van der Waals surface area contributed by atoms with Crippen molar-refractivity contribution < 1.29 is 19.1 Å². The van der Waals surface area contributed by atoms with E-state index in [4.69, 9.17) is 4.74 Å². The topological polar surface area (TPSA) is 75.7 Å². The number of rotatable bonds is 3. The van der Waals surface area contributed by atoms with Crippen LogP contribution in [0.4, 0.5) is 0 Å². The van der Waals surface area contributed by atoms with E-state index in [0.717, 1.165) is 0 Å². The molecule has 0 aromatic carbocycles. The number of β-lactam (4-membered cyclic amide) rings is 1. The van der Waals surface area contributed by atoms with Gasteiger partial charge in [0.1, 0.15) is 17.5 Å². The molecule has 2 unspecified atom stereocenters. The highest BCUT2D eigenvalue weighted by atomic mass is 32.2. The van der Waals surface area contributed by atoms with Gasteiger partial charge in [-0.15, -0.1) is 11.8 Å². The summed E-state index contributed by atoms with van der Waals surface area (Å²) in [6.45, 7) is 5.55. The summed E-state index contributed by atoms with van der Waals surface area (Å²) in [6.07, 6.45) is 0.338. The lowest BCUT2D eigenvalue weighted by Gasteiger charge is -2.43. The average molecular weight is 286 g/mol. The summed E-state index contributed by atoms with van der Waals surface area (Å²) < 4.78 is 4.36. The third-order valence-electron chi connectivity index (χ3n) is 3.50. The maximum atomic E-state index is 12.1. The Labute approximate surface area is 116 Å². The van der Waals surface area contributed by atoms with Crippen molar-refractivity contribution in [2.24, 2.45) is 0 Å². The molecule has 2 fully saturated rings. The molecule has 2 amide bonds. The van der Waals surface area contributed by atoms with Gasteiger partial charge in [0, 0.05) is 11.2 Å². The first kappa shape index (κ1) is 14.2. The van der Waals surface area contributed by atoms with E-state index >= 15 is 0 Å². The van der Waals surface area contributed by atoms with Gasteiger partial charge in [-0.2, -0.15) is 0 Å². The fourth-order valence-electron chi connectivity index (χ4n) is 2.51. The fourth-order valence-corrected chi connectivity index (χ4v) is 4.13. The van der Waals surface area contributed by atoms with Gasteiger partial charge in [-0.1, -0.05) is 6.92 Å². The van der Waals surface area contributed by atoms with Gasteiger partial charge in [0.05, 0.1) is 7.11 Å². The minimum Gasteiger partial charge on any atom is -0.467 e. The number of carbonyl (C=O) groups excluding carboxylic acids is 3. The summed E-state index contributed by atoms with van der Waals surface area (Å²) in [4.78, 5) is 36.9. The minimum atomic E-state index is -0.588. The number of amides is 2. The molecule has 2 heterocycles. The number of esters is 1. The Kier molecular flexibility index (Phi) is 3.51. The largest absolute Gasteiger partial charge is 0.467 e. The number of carbonyl (C=O) groups is 3. The first-order valence-corrected chi connectivity index (χ1v) is 7.08. The molecule has 0 aromatic heterocycles. The van der Waals surface area contributed by atoms with Crippen LogP contribution in [0.5, 0.6) is 0 Å². The predicted molar refractivity (Wildman–Crippen MR) is 70.3 cm³/mol. The van der Waals surface area contributed by atoms with Gasteiger partial charge in [0.2, 0.25) is 11.8 Å². The van der Waals surface area contributed by atoms with Crippen molar-refractivity contribution in [3.63, 3.8) is 0 Å². The second kappa shape index (κ2) is 4.70. The molecular weight excluding hydrogens is 268 g/mol. The Balaban J connectivity index is 2.17. The molecule has 3 atom stereocenters. The van der Waals surface area contributed by atoms with Crippen LogP contribution in [0.2, 0.25) is 0 Å². The Morgan fingerprint density at radius 3 is 2.63 bits per heavy atom. The van der Waals surface area contributed by atoms with Crippen molar-refractivity contribution in [3.05, 3.63) is 0 Å². The lowest BCUT2D eigenvalue weighted by atomic mass is 9.96. The van der Waals surface area contributed by atoms with Gasteiger partial charge < -0.3 is 15.0 Å². The summed E-state index contributed by atoms with van der Waals surface area (Å²) in [5.41, 5.74) is 0. The fraction of sp³-hybridized carbons (Fsp3) is 0.750. The van der Waals surface area contributed by atoms with E-state index in [2.05, 4.69) is 5.32 Å². The Bertz CT molecular complexity index is 437.